The smallest absolute Gasteiger partial charge is 0.137 e. The summed E-state index contributed by atoms with van der Waals surface area (Å²) in [6.45, 7) is 3.81. The molecule has 0 aromatic heterocycles. The molecule has 2 atom stereocenters. The number of rotatable bonds is 4. The second-order valence-electron chi connectivity index (χ2n) is 4.00. The Morgan fingerprint density at radius 1 is 1.31 bits per heavy atom. The third kappa shape index (κ3) is 3.01. The zero-order valence-electron chi connectivity index (χ0n) is 9.30. The highest BCUT2D eigenvalue weighted by Gasteiger charge is 2.20. The minimum Gasteiger partial charge on any atom is -0.388 e. The maximum absolute atomic E-state index is 13.5. The van der Waals surface area contributed by atoms with Crippen LogP contribution in [0, 0.1) is 17.6 Å². The van der Waals surface area contributed by atoms with Crippen LogP contribution >= 0.6 is 15.9 Å². The molecule has 0 bridgehead atoms. The predicted octanol–water partition coefficient (Wildman–Crippen LogP) is 4.20. The molecule has 0 heterocycles. The van der Waals surface area contributed by atoms with Crippen LogP contribution in [-0.4, -0.2) is 5.11 Å². The molecule has 0 aliphatic carbocycles. The van der Waals surface area contributed by atoms with E-state index in [2.05, 4.69) is 15.9 Å². The standard InChI is InChI=1S/C12H15BrF2O/c1-3-4-7(2)12(16)8-5-11(15)9(13)6-10(8)14/h5-7,12,16H,3-4H2,1-2H3. The van der Waals surface area contributed by atoms with Gasteiger partial charge in [0.05, 0.1) is 10.6 Å². The molecule has 0 fully saturated rings. The quantitative estimate of drug-likeness (QED) is 0.825. The molecule has 1 N–H and O–H groups in total. The van der Waals surface area contributed by atoms with Crippen LogP contribution in [0.2, 0.25) is 0 Å². The first kappa shape index (κ1) is 13.6. The van der Waals surface area contributed by atoms with E-state index in [9.17, 15) is 13.9 Å². The lowest BCUT2D eigenvalue weighted by Crippen LogP contribution is -2.11. The van der Waals surface area contributed by atoms with Crippen molar-refractivity contribution in [2.24, 2.45) is 5.92 Å². The number of aliphatic hydroxyl groups is 1. The average molecular weight is 293 g/mol. The van der Waals surface area contributed by atoms with Gasteiger partial charge in [0.25, 0.3) is 0 Å². The van der Waals surface area contributed by atoms with Crippen LogP contribution in [0.4, 0.5) is 8.78 Å². The molecule has 1 rings (SSSR count). The van der Waals surface area contributed by atoms with Crippen molar-refractivity contribution in [1.29, 1.82) is 0 Å². The lowest BCUT2D eigenvalue weighted by Gasteiger charge is -2.19. The topological polar surface area (TPSA) is 20.2 Å². The molecule has 16 heavy (non-hydrogen) atoms. The normalized spacial score (nSPS) is 14.9. The zero-order valence-corrected chi connectivity index (χ0v) is 10.9. The van der Waals surface area contributed by atoms with Gasteiger partial charge in [-0.25, -0.2) is 8.78 Å². The van der Waals surface area contributed by atoms with Crippen LogP contribution in [0.25, 0.3) is 0 Å². The lowest BCUT2D eigenvalue weighted by atomic mass is 9.93. The third-order valence-electron chi connectivity index (χ3n) is 2.64. The minimum atomic E-state index is -0.956. The molecule has 1 aromatic rings. The molecule has 1 nitrogen and oxygen atoms in total. The Kier molecular flexibility index (Phi) is 4.87. The summed E-state index contributed by atoms with van der Waals surface area (Å²) in [5.41, 5.74) is 0.0293. The highest BCUT2D eigenvalue weighted by molar-refractivity contribution is 9.10. The fourth-order valence-electron chi connectivity index (χ4n) is 1.68. The Hall–Kier alpha value is -0.480. The van der Waals surface area contributed by atoms with Crippen LogP contribution < -0.4 is 0 Å². The fraction of sp³-hybridized carbons (Fsp3) is 0.500. The third-order valence-corrected chi connectivity index (χ3v) is 3.25. The lowest BCUT2D eigenvalue weighted by molar-refractivity contribution is 0.108. The van der Waals surface area contributed by atoms with E-state index in [1.54, 1.807) is 0 Å². The molecule has 2 unspecified atom stereocenters. The molecule has 1 aromatic carbocycles. The van der Waals surface area contributed by atoms with E-state index in [0.717, 1.165) is 25.0 Å². The maximum Gasteiger partial charge on any atom is 0.137 e. The molecular weight excluding hydrogens is 278 g/mol. The molecule has 90 valence electrons. The van der Waals surface area contributed by atoms with Crippen LogP contribution in [0.1, 0.15) is 38.4 Å². The second kappa shape index (κ2) is 5.73. The van der Waals surface area contributed by atoms with Gasteiger partial charge in [0.1, 0.15) is 11.6 Å². The highest BCUT2D eigenvalue weighted by atomic mass is 79.9. The van der Waals surface area contributed by atoms with Crippen molar-refractivity contribution in [2.45, 2.75) is 32.8 Å². The molecule has 0 spiro atoms. The zero-order chi connectivity index (χ0) is 12.3. The number of benzene rings is 1. The molecule has 0 aliphatic heterocycles. The van der Waals surface area contributed by atoms with E-state index >= 15 is 0 Å². The van der Waals surface area contributed by atoms with Crippen molar-refractivity contribution in [2.75, 3.05) is 0 Å². The maximum atomic E-state index is 13.5. The van der Waals surface area contributed by atoms with E-state index in [-0.39, 0.29) is 16.0 Å². The SMILES string of the molecule is CCCC(C)C(O)c1cc(F)c(Br)cc1F. The van der Waals surface area contributed by atoms with Crippen LogP contribution in [0.3, 0.4) is 0 Å². The summed E-state index contributed by atoms with van der Waals surface area (Å²) in [6.07, 6.45) is 0.722. The summed E-state index contributed by atoms with van der Waals surface area (Å²) in [5.74, 6) is -1.22. The van der Waals surface area contributed by atoms with Gasteiger partial charge in [-0.1, -0.05) is 20.3 Å². The van der Waals surface area contributed by atoms with Crippen molar-refractivity contribution in [3.8, 4) is 0 Å². The summed E-state index contributed by atoms with van der Waals surface area (Å²) in [5, 5.41) is 9.89. The Bertz CT molecular complexity index is 368. The molecule has 0 saturated heterocycles. The van der Waals surface area contributed by atoms with Crippen molar-refractivity contribution in [3.05, 3.63) is 33.8 Å². The van der Waals surface area contributed by atoms with Crippen molar-refractivity contribution >= 4 is 15.9 Å². The number of hydrogen-bond donors (Lipinski definition) is 1. The molecule has 0 amide bonds. The predicted molar refractivity (Wildman–Crippen MR) is 63.1 cm³/mol. The first-order valence-electron chi connectivity index (χ1n) is 5.29. The van der Waals surface area contributed by atoms with E-state index in [1.165, 1.54) is 0 Å². The number of hydrogen-bond acceptors (Lipinski definition) is 1. The monoisotopic (exact) mass is 292 g/mol. The number of halogens is 3. The molecule has 0 saturated carbocycles. The van der Waals surface area contributed by atoms with Gasteiger partial charge in [-0.3, -0.25) is 0 Å². The highest BCUT2D eigenvalue weighted by Crippen LogP contribution is 2.30. The van der Waals surface area contributed by atoms with Gasteiger partial charge in [-0.15, -0.1) is 0 Å². The molecular formula is C12H15BrF2O. The van der Waals surface area contributed by atoms with E-state index in [4.69, 9.17) is 0 Å². The van der Waals surface area contributed by atoms with Gasteiger partial charge in [0, 0.05) is 5.56 Å². The molecule has 0 aliphatic rings. The first-order chi connectivity index (χ1) is 7.47. The van der Waals surface area contributed by atoms with Crippen molar-refractivity contribution in [1.82, 2.24) is 0 Å². The second-order valence-corrected chi connectivity index (χ2v) is 4.85. The number of aliphatic hydroxyl groups excluding tert-OH is 1. The van der Waals surface area contributed by atoms with Crippen molar-refractivity contribution in [3.63, 3.8) is 0 Å². The van der Waals surface area contributed by atoms with Gasteiger partial charge in [-0.05, 0) is 40.4 Å². The Morgan fingerprint density at radius 2 is 1.94 bits per heavy atom. The minimum absolute atomic E-state index is 0.0293. The van der Waals surface area contributed by atoms with E-state index < -0.39 is 17.7 Å². The van der Waals surface area contributed by atoms with Gasteiger partial charge in [0.15, 0.2) is 0 Å². The van der Waals surface area contributed by atoms with Gasteiger partial charge < -0.3 is 5.11 Å². The summed E-state index contributed by atoms with van der Waals surface area (Å²) >= 11 is 2.90. The van der Waals surface area contributed by atoms with E-state index in [1.807, 2.05) is 13.8 Å². The fourth-order valence-corrected chi connectivity index (χ4v) is 2.00. The van der Waals surface area contributed by atoms with Crippen molar-refractivity contribution < 1.29 is 13.9 Å². The Labute approximate surface area is 103 Å². The summed E-state index contributed by atoms with van der Waals surface area (Å²) in [7, 11) is 0. The van der Waals surface area contributed by atoms with Gasteiger partial charge >= 0.3 is 0 Å². The Balaban J connectivity index is 2.99. The van der Waals surface area contributed by atoms with Crippen LogP contribution in [-0.2, 0) is 0 Å². The van der Waals surface area contributed by atoms with E-state index in [0.29, 0.717) is 0 Å². The van der Waals surface area contributed by atoms with Crippen LogP contribution in [0.15, 0.2) is 16.6 Å². The largest absolute Gasteiger partial charge is 0.388 e. The summed E-state index contributed by atoms with van der Waals surface area (Å²) < 4.78 is 26.8. The summed E-state index contributed by atoms with van der Waals surface area (Å²) in [6, 6.07) is 2.10. The molecule has 4 heteroatoms. The molecule has 0 radical (unpaired) electrons. The van der Waals surface area contributed by atoms with Gasteiger partial charge in [-0.2, -0.15) is 0 Å². The first-order valence-corrected chi connectivity index (χ1v) is 6.09. The Morgan fingerprint density at radius 3 is 2.50 bits per heavy atom. The van der Waals surface area contributed by atoms with Gasteiger partial charge in [0.2, 0.25) is 0 Å². The summed E-state index contributed by atoms with van der Waals surface area (Å²) in [4.78, 5) is 0. The van der Waals surface area contributed by atoms with Crippen LogP contribution in [0.5, 0.6) is 0 Å². The average Bonchev–Trinajstić information content (AvgIpc) is 2.23.